The Labute approximate surface area is 140 Å². The molecule has 0 radical (unpaired) electrons. The first-order valence-electron chi connectivity index (χ1n) is 9.44. The molecule has 124 valence electrons. The van der Waals surface area contributed by atoms with E-state index in [2.05, 4.69) is 47.4 Å². The predicted molar refractivity (Wildman–Crippen MR) is 94.1 cm³/mol. The van der Waals surface area contributed by atoms with Crippen LogP contribution in [0.2, 0.25) is 0 Å². The van der Waals surface area contributed by atoms with E-state index in [4.69, 9.17) is 0 Å². The normalized spacial score (nSPS) is 33.0. The van der Waals surface area contributed by atoms with E-state index < -0.39 is 5.60 Å². The van der Waals surface area contributed by atoms with Gasteiger partial charge in [0.2, 0.25) is 0 Å². The number of piperidine rings is 1. The average molecular weight is 311 g/mol. The molecule has 23 heavy (non-hydrogen) atoms. The third kappa shape index (κ3) is 2.99. The summed E-state index contributed by atoms with van der Waals surface area (Å²) in [6.45, 7) is 3.45. The first kappa shape index (κ1) is 15.4. The molecule has 1 saturated carbocycles. The second-order valence-electron chi connectivity index (χ2n) is 7.83. The van der Waals surface area contributed by atoms with Crippen molar-refractivity contribution in [1.82, 2.24) is 4.90 Å². The van der Waals surface area contributed by atoms with Crippen molar-refractivity contribution in [1.29, 1.82) is 0 Å². The molecule has 1 heterocycles. The van der Waals surface area contributed by atoms with Crippen molar-refractivity contribution in [3.63, 3.8) is 0 Å². The Hall–Kier alpha value is -1.12. The van der Waals surface area contributed by atoms with Crippen molar-refractivity contribution in [2.75, 3.05) is 19.6 Å². The van der Waals surface area contributed by atoms with Crippen LogP contribution in [0.5, 0.6) is 0 Å². The van der Waals surface area contributed by atoms with E-state index in [9.17, 15) is 5.11 Å². The van der Waals surface area contributed by atoms with E-state index in [1.807, 2.05) is 0 Å². The van der Waals surface area contributed by atoms with Crippen molar-refractivity contribution >= 4 is 0 Å². The van der Waals surface area contributed by atoms with Crippen LogP contribution >= 0.6 is 0 Å². The lowest BCUT2D eigenvalue weighted by Gasteiger charge is -2.40. The van der Waals surface area contributed by atoms with Gasteiger partial charge in [-0.1, -0.05) is 48.9 Å². The zero-order chi connectivity index (χ0) is 15.7. The smallest absolute Gasteiger partial charge is 0.0942 e. The number of nitrogens with zero attached hydrogens (tertiary/aromatic N) is 1. The van der Waals surface area contributed by atoms with Crippen LogP contribution in [0.25, 0.3) is 0 Å². The average Bonchev–Trinajstić information content (AvgIpc) is 3.25. The van der Waals surface area contributed by atoms with Crippen molar-refractivity contribution in [2.45, 2.75) is 44.1 Å². The summed E-state index contributed by atoms with van der Waals surface area (Å²) in [7, 11) is 0. The molecule has 1 saturated heterocycles. The van der Waals surface area contributed by atoms with Crippen molar-refractivity contribution in [3.05, 3.63) is 48.0 Å². The van der Waals surface area contributed by atoms with E-state index in [1.165, 1.54) is 38.8 Å². The van der Waals surface area contributed by atoms with Gasteiger partial charge < -0.3 is 10.0 Å². The lowest BCUT2D eigenvalue weighted by Crippen LogP contribution is -2.42. The van der Waals surface area contributed by atoms with Gasteiger partial charge in [-0.25, -0.2) is 0 Å². The highest BCUT2D eigenvalue weighted by Crippen LogP contribution is 2.52. The summed E-state index contributed by atoms with van der Waals surface area (Å²) >= 11 is 0. The fourth-order valence-corrected chi connectivity index (χ4v) is 5.11. The first-order chi connectivity index (χ1) is 11.3. The molecule has 1 aliphatic heterocycles. The van der Waals surface area contributed by atoms with Gasteiger partial charge in [0.25, 0.3) is 0 Å². The minimum atomic E-state index is -0.664. The molecule has 1 N–H and O–H groups in total. The van der Waals surface area contributed by atoms with Crippen molar-refractivity contribution < 1.29 is 5.11 Å². The maximum atomic E-state index is 11.8. The summed E-state index contributed by atoms with van der Waals surface area (Å²) in [6, 6.07) is 10.5. The summed E-state index contributed by atoms with van der Waals surface area (Å²) in [4.78, 5) is 2.56. The Morgan fingerprint density at radius 1 is 1.00 bits per heavy atom. The SMILES string of the molecule is O[C@@](CCN1CCCCC1)(c1ccccc1)[C@@H]1C[C@H]2C=C[C@@H]1C2. The molecule has 3 aliphatic rings. The molecule has 4 atom stereocenters. The van der Waals surface area contributed by atoms with E-state index >= 15 is 0 Å². The largest absolute Gasteiger partial charge is 0.385 e. The molecular formula is C21H29NO. The van der Waals surface area contributed by atoms with E-state index in [0.29, 0.717) is 17.8 Å². The quantitative estimate of drug-likeness (QED) is 0.832. The van der Waals surface area contributed by atoms with Crippen LogP contribution in [0.1, 0.15) is 44.1 Å². The predicted octanol–water partition coefficient (Wildman–Crippen LogP) is 3.96. The van der Waals surface area contributed by atoms with Crippen molar-refractivity contribution in [2.24, 2.45) is 17.8 Å². The molecule has 0 unspecified atom stereocenters. The highest BCUT2D eigenvalue weighted by molar-refractivity contribution is 5.27. The van der Waals surface area contributed by atoms with Gasteiger partial charge in [-0.3, -0.25) is 0 Å². The van der Waals surface area contributed by atoms with Gasteiger partial charge in [-0.15, -0.1) is 0 Å². The summed E-state index contributed by atoms with van der Waals surface area (Å²) in [5.41, 5.74) is 0.464. The highest BCUT2D eigenvalue weighted by Gasteiger charge is 2.48. The molecule has 2 nitrogen and oxygen atoms in total. The Kier molecular flexibility index (Phi) is 4.29. The number of fused-ring (bicyclic) bond motifs is 2. The topological polar surface area (TPSA) is 23.5 Å². The van der Waals surface area contributed by atoms with Gasteiger partial charge in [0.1, 0.15) is 0 Å². The first-order valence-corrected chi connectivity index (χ1v) is 9.44. The molecule has 0 spiro atoms. The van der Waals surface area contributed by atoms with Crippen LogP contribution in [0.3, 0.4) is 0 Å². The molecule has 4 rings (SSSR count). The molecule has 1 aromatic carbocycles. The van der Waals surface area contributed by atoms with Gasteiger partial charge in [0, 0.05) is 6.54 Å². The van der Waals surface area contributed by atoms with Crippen LogP contribution in [0.15, 0.2) is 42.5 Å². The van der Waals surface area contributed by atoms with Crippen LogP contribution in [0.4, 0.5) is 0 Å². The van der Waals surface area contributed by atoms with Crippen LogP contribution in [-0.2, 0) is 5.60 Å². The second-order valence-corrected chi connectivity index (χ2v) is 7.83. The zero-order valence-corrected chi connectivity index (χ0v) is 14.0. The Morgan fingerprint density at radius 2 is 1.78 bits per heavy atom. The minimum absolute atomic E-state index is 0.393. The molecule has 1 aromatic rings. The summed E-state index contributed by atoms with van der Waals surface area (Å²) in [5.74, 6) is 1.67. The number of rotatable bonds is 5. The number of aliphatic hydroxyl groups is 1. The molecule has 2 aliphatic carbocycles. The second kappa shape index (κ2) is 6.41. The third-order valence-electron chi connectivity index (χ3n) is 6.42. The fraction of sp³-hybridized carbons (Fsp3) is 0.619. The number of hydrogen-bond donors (Lipinski definition) is 1. The standard InChI is InChI=1S/C21H29NO/c23-21(19-7-3-1-4-8-19,11-14-22-12-5-2-6-13-22)20-16-17-9-10-18(20)15-17/h1,3-4,7-10,17-18,20,23H,2,5-6,11-16H2/t17-,18+,20+,21-/m0/s1. The Bertz CT molecular complexity index is 548. The zero-order valence-electron chi connectivity index (χ0n) is 14.0. The maximum absolute atomic E-state index is 11.8. The van der Waals surface area contributed by atoms with Crippen molar-refractivity contribution in [3.8, 4) is 0 Å². The number of benzene rings is 1. The van der Waals surface area contributed by atoms with E-state index in [-0.39, 0.29) is 0 Å². The van der Waals surface area contributed by atoms with Crippen LogP contribution in [-0.4, -0.2) is 29.6 Å². The molecular weight excluding hydrogens is 282 g/mol. The summed E-state index contributed by atoms with van der Waals surface area (Å²) in [6.07, 6.45) is 12.0. The Morgan fingerprint density at radius 3 is 2.43 bits per heavy atom. The van der Waals surface area contributed by atoms with Gasteiger partial charge in [-0.05, 0) is 68.5 Å². The molecule has 0 aromatic heterocycles. The summed E-state index contributed by atoms with van der Waals surface area (Å²) < 4.78 is 0. The lowest BCUT2D eigenvalue weighted by atomic mass is 9.72. The van der Waals surface area contributed by atoms with E-state index in [0.717, 1.165) is 24.9 Å². The van der Waals surface area contributed by atoms with Gasteiger partial charge in [0.15, 0.2) is 0 Å². The molecule has 2 fully saturated rings. The lowest BCUT2D eigenvalue weighted by molar-refractivity contribution is -0.0495. The van der Waals surface area contributed by atoms with Gasteiger partial charge >= 0.3 is 0 Å². The monoisotopic (exact) mass is 311 g/mol. The number of allylic oxidation sites excluding steroid dienone is 2. The highest BCUT2D eigenvalue weighted by atomic mass is 16.3. The summed E-state index contributed by atoms with van der Waals surface area (Å²) in [5, 5.41) is 11.8. The third-order valence-corrected chi connectivity index (χ3v) is 6.42. The van der Waals surface area contributed by atoms with Gasteiger partial charge in [0.05, 0.1) is 5.60 Å². The van der Waals surface area contributed by atoms with E-state index in [1.54, 1.807) is 0 Å². The van der Waals surface area contributed by atoms with Gasteiger partial charge in [-0.2, -0.15) is 0 Å². The van der Waals surface area contributed by atoms with Crippen LogP contribution in [0, 0.1) is 17.8 Å². The number of hydrogen-bond acceptors (Lipinski definition) is 2. The Balaban J connectivity index is 1.55. The molecule has 2 bridgehead atoms. The van der Waals surface area contributed by atoms with Crippen LogP contribution < -0.4 is 0 Å². The molecule has 2 heteroatoms. The maximum Gasteiger partial charge on any atom is 0.0942 e. The minimum Gasteiger partial charge on any atom is -0.385 e. The fourth-order valence-electron chi connectivity index (χ4n) is 5.11. The molecule has 0 amide bonds. The number of likely N-dealkylation sites (tertiary alicyclic amines) is 1.